The normalized spacial score (nSPS) is 13.0. The van der Waals surface area contributed by atoms with Crippen LogP contribution >= 0.6 is 0 Å². The molecule has 0 bridgehead atoms. The van der Waals surface area contributed by atoms with Gasteiger partial charge in [0.2, 0.25) is 10.0 Å². The lowest BCUT2D eigenvalue weighted by Crippen LogP contribution is -2.32. The molecule has 1 unspecified atom stereocenters. The number of carboxylic acid groups (broad SMARTS) is 1. The SMILES string of the molecule is C#CC(C)NS(=O)(=O)c1c(C)oc(C)c1C(=O)O. The van der Waals surface area contributed by atoms with Crippen LogP contribution in [0, 0.1) is 26.2 Å². The predicted octanol–water partition coefficient (Wildman–Crippen LogP) is 0.895. The first-order valence-corrected chi connectivity index (χ1v) is 6.50. The smallest absolute Gasteiger partial charge is 0.340 e. The van der Waals surface area contributed by atoms with Crippen LogP contribution in [0.2, 0.25) is 0 Å². The quantitative estimate of drug-likeness (QED) is 0.793. The van der Waals surface area contributed by atoms with Gasteiger partial charge in [0.05, 0.1) is 6.04 Å². The molecule has 98 valence electrons. The summed E-state index contributed by atoms with van der Waals surface area (Å²) >= 11 is 0. The number of aryl methyl sites for hydroxylation is 2. The van der Waals surface area contributed by atoms with Crippen molar-refractivity contribution < 1.29 is 22.7 Å². The average molecular weight is 271 g/mol. The van der Waals surface area contributed by atoms with E-state index in [9.17, 15) is 13.2 Å². The first kappa shape index (κ1) is 14.3. The molecule has 0 radical (unpaired) electrons. The van der Waals surface area contributed by atoms with E-state index in [0.717, 1.165) is 0 Å². The highest BCUT2D eigenvalue weighted by Gasteiger charge is 2.31. The molecule has 6 nitrogen and oxygen atoms in total. The Morgan fingerprint density at radius 2 is 2.00 bits per heavy atom. The maximum Gasteiger partial charge on any atom is 0.340 e. The fraction of sp³-hybridized carbons (Fsp3) is 0.364. The number of sulfonamides is 1. The number of carboxylic acids is 1. The number of carbonyl (C=O) groups is 1. The van der Waals surface area contributed by atoms with Gasteiger partial charge in [-0.2, -0.15) is 4.72 Å². The van der Waals surface area contributed by atoms with Gasteiger partial charge in [-0.3, -0.25) is 0 Å². The highest BCUT2D eigenvalue weighted by molar-refractivity contribution is 7.89. The zero-order valence-electron chi connectivity index (χ0n) is 10.1. The van der Waals surface area contributed by atoms with Gasteiger partial charge >= 0.3 is 5.97 Å². The molecule has 0 amide bonds. The predicted molar refractivity (Wildman–Crippen MR) is 63.8 cm³/mol. The van der Waals surface area contributed by atoms with Crippen LogP contribution in [0.15, 0.2) is 9.31 Å². The zero-order chi connectivity index (χ0) is 14.1. The van der Waals surface area contributed by atoms with Gasteiger partial charge in [-0.1, -0.05) is 5.92 Å². The maximum atomic E-state index is 12.0. The summed E-state index contributed by atoms with van der Waals surface area (Å²) in [7, 11) is -4.02. The molecule has 0 spiro atoms. The fourth-order valence-electron chi connectivity index (χ4n) is 1.56. The molecule has 1 rings (SSSR count). The molecular formula is C11H13NO5S. The van der Waals surface area contributed by atoms with Crippen molar-refractivity contribution in [2.75, 3.05) is 0 Å². The summed E-state index contributed by atoms with van der Waals surface area (Å²) in [5.74, 6) is 0.886. The van der Waals surface area contributed by atoms with Crippen LogP contribution in [0.1, 0.15) is 28.8 Å². The largest absolute Gasteiger partial charge is 0.478 e. The number of rotatable bonds is 4. The van der Waals surface area contributed by atoms with Gasteiger partial charge in [0, 0.05) is 0 Å². The second-order valence-corrected chi connectivity index (χ2v) is 5.38. The summed E-state index contributed by atoms with van der Waals surface area (Å²) < 4.78 is 31.3. The summed E-state index contributed by atoms with van der Waals surface area (Å²) in [4.78, 5) is 10.7. The number of hydrogen-bond donors (Lipinski definition) is 2. The molecule has 0 aromatic carbocycles. The van der Waals surface area contributed by atoms with E-state index >= 15 is 0 Å². The Morgan fingerprint density at radius 3 is 2.44 bits per heavy atom. The van der Waals surface area contributed by atoms with E-state index in [-0.39, 0.29) is 22.0 Å². The van der Waals surface area contributed by atoms with E-state index in [1.54, 1.807) is 0 Å². The van der Waals surface area contributed by atoms with E-state index in [0.29, 0.717) is 0 Å². The lowest BCUT2D eigenvalue weighted by Gasteiger charge is -2.08. The summed E-state index contributed by atoms with van der Waals surface area (Å²) in [6.45, 7) is 4.24. The summed E-state index contributed by atoms with van der Waals surface area (Å²) in [5, 5.41) is 9.02. The molecule has 0 aliphatic rings. The molecule has 0 aliphatic carbocycles. The van der Waals surface area contributed by atoms with Crippen molar-refractivity contribution in [3.8, 4) is 12.3 Å². The average Bonchev–Trinajstić information content (AvgIpc) is 2.53. The fourth-order valence-corrected chi connectivity index (χ4v) is 3.13. The van der Waals surface area contributed by atoms with Crippen LogP contribution in [-0.2, 0) is 10.0 Å². The van der Waals surface area contributed by atoms with E-state index in [4.69, 9.17) is 15.9 Å². The molecule has 1 atom stereocenters. The summed E-state index contributed by atoms with van der Waals surface area (Å²) in [6.07, 6.45) is 5.08. The van der Waals surface area contributed by atoms with Crippen molar-refractivity contribution >= 4 is 16.0 Å². The highest BCUT2D eigenvalue weighted by Crippen LogP contribution is 2.26. The van der Waals surface area contributed by atoms with Crippen molar-refractivity contribution in [1.29, 1.82) is 0 Å². The third-order valence-electron chi connectivity index (χ3n) is 2.27. The Labute approximate surface area is 105 Å². The number of hydrogen-bond acceptors (Lipinski definition) is 4. The minimum atomic E-state index is -4.02. The molecular weight excluding hydrogens is 258 g/mol. The molecule has 7 heteroatoms. The van der Waals surface area contributed by atoms with Gasteiger partial charge in [0.25, 0.3) is 0 Å². The van der Waals surface area contributed by atoms with Crippen molar-refractivity contribution in [3.05, 3.63) is 17.1 Å². The highest BCUT2D eigenvalue weighted by atomic mass is 32.2. The van der Waals surface area contributed by atoms with Crippen LogP contribution in [0.5, 0.6) is 0 Å². The van der Waals surface area contributed by atoms with Gasteiger partial charge in [-0.25, -0.2) is 13.2 Å². The minimum absolute atomic E-state index is 0.0154. The standard InChI is InChI=1S/C11H13NO5S/c1-5-6(2)12-18(15,16)10-8(4)17-7(3)9(10)11(13)14/h1,6,12H,2-4H3,(H,13,14). The molecule has 18 heavy (non-hydrogen) atoms. The molecule has 0 saturated carbocycles. The molecule has 0 fully saturated rings. The Balaban J connectivity index is 3.42. The van der Waals surface area contributed by atoms with Crippen molar-refractivity contribution in [2.45, 2.75) is 31.7 Å². The Morgan fingerprint density at radius 1 is 1.44 bits per heavy atom. The summed E-state index contributed by atoms with van der Waals surface area (Å²) in [6, 6.07) is -0.744. The Hall–Kier alpha value is -1.78. The Kier molecular flexibility index (Phi) is 3.84. The van der Waals surface area contributed by atoms with Gasteiger partial charge in [0.15, 0.2) is 0 Å². The van der Waals surface area contributed by atoms with Crippen LogP contribution in [0.4, 0.5) is 0 Å². The van der Waals surface area contributed by atoms with Crippen molar-refractivity contribution in [2.24, 2.45) is 0 Å². The third kappa shape index (κ3) is 2.55. The summed E-state index contributed by atoms with van der Waals surface area (Å²) in [5.41, 5.74) is -0.371. The van der Waals surface area contributed by atoms with Gasteiger partial charge in [0.1, 0.15) is 22.0 Å². The lowest BCUT2D eigenvalue weighted by atomic mass is 10.2. The topological polar surface area (TPSA) is 96.6 Å². The minimum Gasteiger partial charge on any atom is -0.478 e. The van der Waals surface area contributed by atoms with Gasteiger partial charge < -0.3 is 9.52 Å². The first-order valence-electron chi connectivity index (χ1n) is 5.02. The number of nitrogens with one attached hydrogen (secondary N) is 1. The van der Waals surface area contributed by atoms with Crippen molar-refractivity contribution in [1.82, 2.24) is 4.72 Å². The second kappa shape index (κ2) is 4.84. The van der Waals surface area contributed by atoms with E-state index in [1.807, 2.05) is 0 Å². The van der Waals surface area contributed by atoms with Crippen LogP contribution in [0.3, 0.4) is 0 Å². The second-order valence-electron chi connectivity index (χ2n) is 3.73. The number of terminal acetylenes is 1. The molecule has 0 aliphatic heterocycles. The Bertz CT molecular complexity index is 621. The van der Waals surface area contributed by atoms with Crippen LogP contribution < -0.4 is 4.72 Å². The zero-order valence-corrected chi connectivity index (χ0v) is 11.0. The monoisotopic (exact) mass is 271 g/mol. The lowest BCUT2D eigenvalue weighted by molar-refractivity contribution is 0.0691. The van der Waals surface area contributed by atoms with Gasteiger partial charge in [-0.05, 0) is 20.8 Å². The maximum absolute atomic E-state index is 12.0. The third-order valence-corrected chi connectivity index (χ3v) is 3.96. The number of furan rings is 1. The molecule has 1 heterocycles. The molecule has 1 aromatic rings. The van der Waals surface area contributed by atoms with Crippen LogP contribution in [0.25, 0.3) is 0 Å². The molecule has 0 saturated heterocycles. The molecule has 2 N–H and O–H groups in total. The van der Waals surface area contributed by atoms with Gasteiger partial charge in [-0.15, -0.1) is 6.42 Å². The first-order chi connectivity index (χ1) is 8.20. The van der Waals surface area contributed by atoms with E-state index < -0.39 is 22.0 Å². The van der Waals surface area contributed by atoms with E-state index in [2.05, 4.69) is 10.6 Å². The van der Waals surface area contributed by atoms with Crippen molar-refractivity contribution in [3.63, 3.8) is 0 Å². The van der Waals surface area contributed by atoms with E-state index in [1.165, 1.54) is 20.8 Å². The molecule has 1 aromatic heterocycles. The number of aromatic carboxylic acids is 1. The van der Waals surface area contributed by atoms with Crippen LogP contribution in [-0.4, -0.2) is 25.5 Å².